The van der Waals surface area contributed by atoms with E-state index in [1.54, 1.807) is 6.20 Å². The van der Waals surface area contributed by atoms with Crippen molar-refractivity contribution in [3.63, 3.8) is 0 Å². The SMILES string of the molecule is Cc1cn[nH]c1.O=P(O)(O)O. The van der Waals surface area contributed by atoms with E-state index < -0.39 is 7.82 Å². The molecule has 0 aromatic carbocycles. The molecule has 0 aliphatic carbocycles. The van der Waals surface area contributed by atoms with Crippen LogP contribution in [0, 0.1) is 6.92 Å². The number of aromatic amines is 1. The summed E-state index contributed by atoms with van der Waals surface area (Å²) in [6.07, 6.45) is 3.62. The zero-order chi connectivity index (χ0) is 8.91. The van der Waals surface area contributed by atoms with Gasteiger partial charge in [-0.3, -0.25) is 5.10 Å². The molecule has 0 fully saturated rings. The van der Waals surface area contributed by atoms with Gasteiger partial charge in [0.15, 0.2) is 0 Å². The van der Waals surface area contributed by atoms with Crippen LogP contribution in [-0.4, -0.2) is 24.9 Å². The molecule has 1 aromatic heterocycles. The van der Waals surface area contributed by atoms with E-state index in [0.29, 0.717) is 0 Å². The van der Waals surface area contributed by atoms with Crippen LogP contribution >= 0.6 is 7.82 Å². The molecule has 64 valence electrons. The summed E-state index contributed by atoms with van der Waals surface area (Å²) < 4.78 is 8.88. The van der Waals surface area contributed by atoms with Gasteiger partial charge in [0, 0.05) is 6.20 Å². The maximum Gasteiger partial charge on any atom is 0.466 e. The minimum atomic E-state index is -4.64. The van der Waals surface area contributed by atoms with Crippen molar-refractivity contribution in [2.24, 2.45) is 0 Å². The summed E-state index contributed by atoms with van der Waals surface area (Å²) in [6, 6.07) is 0. The number of aromatic nitrogens is 2. The fraction of sp³-hybridized carbons (Fsp3) is 0.250. The first-order chi connectivity index (χ1) is 4.89. The van der Waals surface area contributed by atoms with Gasteiger partial charge in [0.1, 0.15) is 0 Å². The molecule has 0 spiro atoms. The van der Waals surface area contributed by atoms with Crippen molar-refractivity contribution in [3.8, 4) is 0 Å². The zero-order valence-electron chi connectivity index (χ0n) is 5.80. The lowest BCUT2D eigenvalue weighted by atomic mass is 10.4. The van der Waals surface area contributed by atoms with Gasteiger partial charge in [-0.05, 0) is 12.5 Å². The van der Waals surface area contributed by atoms with Crippen LogP contribution in [0.1, 0.15) is 5.56 Å². The normalized spacial score (nSPS) is 10.2. The van der Waals surface area contributed by atoms with Crippen LogP contribution in [-0.2, 0) is 4.57 Å². The van der Waals surface area contributed by atoms with Gasteiger partial charge in [-0.25, -0.2) is 4.57 Å². The number of nitrogens with one attached hydrogen (secondary N) is 1. The van der Waals surface area contributed by atoms with Gasteiger partial charge in [0.05, 0.1) is 6.20 Å². The predicted octanol–water partition coefficient (Wildman–Crippen LogP) is -0.210. The molecule has 0 unspecified atom stereocenters. The van der Waals surface area contributed by atoms with Crippen LogP contribution in [0.4, 0.5) is 0 Å². The van der Waals surface area contributed by atoms with Crippen LogP contribution in [0.15, 0.2) is 12.4 Å². The molecule has 0 amide bonds. The Morgan fingerprint density at radius 1 is 1.55 bits per heavy atom. The Morgan fingerprint density at radius 2 is 2.00 bits per heavy atom. The number of hydrogen-bond donors (Lipinski definition) is 4. The molecular weight excluding hydrogens is 171 g/mol. The number of hydrogen-bond acceptors (Lipinski definition) is 2. The van der Waals surface area contributed by atoms with Gasteiger partial charge >= 0.3 is 7.82 Å². The molecule has 0 atom stereocenters. The van der Waals surface area contributed by atoms with Crippen molar-refractivity contribution < 1.29 is 19.2 Å². The Bertz CT molecular complexity index is 220. The molecule has 4 N–H and O–H groups in total. The van der Waals surface area contributed by atoms with Crippen molar-refractivity contribution in [2.75, 3.05) is 0 Å². The fourth-order valence-electron chi connectivity index (χ4n) is 0.315. The second-order valence-electron chi connectivity index (χ2n) is 1.79. The minimum Gasteiger partial charge on any atom is -0.303 e. The smallest absolute Gasteiger partial charge is 0.303 e. The first-order valence-electron chi connectivity index (χ1n) is 2.63. The quantitative estimate of drug-likeness (QED) is 0.413. The van der Waals surface area contributed by atoms with Gasteiger partial charge in [-0.1, -0.05) is 0 Å². The highest BCUT2D eigenvalue weighted by Gasteiger charge is 2.00. The summed E-state index contributed by atoms with van der Waals surface area (Å²) in [4.78, 5) is 21.6. The number of aryl methyl sites for hydroxylation is 1. The van der Waals surface area contributed by atoms with Gasteiger partial charge in [0.2, 0.25) is 0 Å². The van der Waals surface area contributed by atoms with Crippen LogP contribution in [0.25, 0.3) is 0 Å². The summed E-state index contributed by atoms with van der Waals surface area (Å²) in [5.74, 6) is 0. The largest absolute Gasteiger partial charge is 0.466 e. The van der Waals surface area contributed by atoms with Crippen LogP contribution in [0.5, 0.6) is 0 Å². The lowest BCUT2D eigenvalue weighted by Crippen LogP contribution is -1.66. The second-order valence-corrected chi connectivity index (χ2v) is 2.82. The average molecular weight is 180 g/mol. The van der Waals surface area contributed by atoms with E-state index in [-0.39, 0.29) is 0 Å². The van der Waals surface area contributed by atoms with Crippen molar-refractivity contribution in [1.82, 2.24) is 10.2 Å². The molecule has 0 saturated carbocycles. The standard InChI is InChI=1S/C4H6N2.H3O4P/c1-4-2-5-6-3-4;1-5(2,3)4/h2-3H,1H3,(H,5,6);(H3,1,2,3,4). The Morgan fingerprint density at radius 3 is 2.09 bits per heavy atom. The van der Waals surface area contributed by atoms with E-state index in [4.69, 9.17) is 19.2 Å². The van der Waals surface area contributed by atoms with Gasteiger partial charge in [-0.15, -0.1) is 0 Å². The molecule has 11 heavy (non-hydrogen) atoms. The van der Waals surface area contributed by atoms with Crippen molar-refractivity contribution in [3.05, 3.63) is 18.0 Å². The molecule has 0 saturated heterocycles. The van der Waals surface area contributed by atoms with Crippen LogP contribution in [0.3, 0.4) is 0 Å². The molecule has 7 heteroatoms. The molecule has 0 radical (unpaired) electrons. The molecule has 1 aromatic rings. The topological polar surface area (TPSA) is 106 Å². The molecule has 1 rings (SSSR count). The highest BCUT2D eigenvalue weighted by Crippen LogP contribution is 2.25. The van der Waals surface area contributed by atoms with E-state index in [2.05, 4.69) is 10.2 Å². The second kappa shape index (κ2) is 4.25. The highest BCUT2D eigenvalue weighted by atomic mass is 31.2. The van der Waals surface area contributed by atoms with E-state index in [9.17, 15) is 0 Å². The lowest BCUT2D eigenvalue weighted by molar-refractivity contribution is 0.275. The predicted molar refractivity (Wildman–Crippen MR) is 37.6 cm³/mol. The summed E-state index contributed by atoms with van der Waals surface area (Å²) in [7, 11) is -4.64. The number of phosphoric acid groups is 1. The third kappa shape index (κ3) is 12.5. The molecule has 0 bridgehead atoms. The van der Waals surface area contributed by atoms with Crippen molar-refractivity contribution >= 4 is 7.82 Å². The maximum atomic E-state index is 8.88. The molecule has 6 nitrogen and oxygen atoms in total. The van der Waals surface area contributed by atoms with Crippen molar-refractivity contribution in [1.29, 1.82) is 0 Å². The number of nitrogens with zero attached hydrogens (tertiary/aromatic N) is 1. The average Bonchev–Trinajstić information content (AvgIpc) is 2.12. The molecule has 1 heterocycles. The third-order valence-corrected chi connectivity index (χ3v) is 0.635. The van der Waals surface area contributed by atoms with E-state index in [1.165, 1.54) is 5.56 Å². The summed E-state index contributed by atoms with van der Waals surface area (Å²) in [6.45, 7) is 1.99. The Kier molecular flexibility index (Phi) is 3.99. The van der Waals surface area contributed by atoms with E-state index in [0.717, 1.165) is 0 Å². The summed E-state index contributed by atoms with van der Waals surface area (Å²) in [5, 5.41) is 6.38. The monoisotopic (exact) mass is 180 g/mol. The first kappa shape index (κ1) is 10.3. The van der Waals surface area contributed by atoms with Gasteiger partial charge < -0.3 is 14.7 Å². The van der Waals surface area contributed by atoms with Crippen LogP contribution < -0.4 is 0 Å². The molecule has 0 aliphatic heterocycles. The Labute approximate surface area is 63.1 Å². The minimum absolute atomic E-state index is 1.18. The third-order valence-electron chi connectivity index (χ3n) is 0.635. The van der Waals surface area contributed by atoms with E-state index >= 15 is 0 Å². The van der Waals surface area contributed by atoms with Gasteiger partial charge in [-0.2, -0.15) is 5.10 Å². The fourth-order valence-corrected chi connectivity index (χ4v) is 0.315. The zero-order valence-corrected chi connectivity index (χ0v) is 6.69. The van der Waals surface area contributed by atoms with Crippen LogP contribution in [0.2, 0.25) is 0 Å². The summed E-state index contributed by atoms with van der Waals surface area (Å²) >= 11 is 0. The first-order valence-corrected chi connectivity index (χ1v) is 4.20. The Balaban J connectivity index is 0.000000187. The van der Waals surface area contributed by atoms with Gasteiger partial charge in [0.25, 0.3) is 0 Å². The highest BCUT2D eigenvalue weighted by molar-refractivity contribution is 7.45. The number of H-pyrrole nitrogens is 1. The van der Waals surface area contributed by atoms with Crippen molar-refractivity contribution in [2.45, 2.75) is 6.92 Å². The number of rotatable bonds is 0. The summed E-state index contributed by atoms with van der Waals surface area (Å²) in [5.41, 5.74) is 1.18. The molecular formula is C4H9N2O4P. The maximum absolute atomic E-state index is 8.88. The Hall–Kier alpha value is -0.680. The molecule has 0 aliphatic rings. The lowest BCUT2D eigenvalue weighted by Gasteiger charge is -1.82. The van der Waals surface area contributed by atoms with E-state index in [1.807, 2.05) is 13.1 Å².